The monoisotopic (exact) mass is 445 g/mol. The van der Waals surface area contributed by atoms with Crippen molar-refractivity contribution >= 4 is 16.9 Å². The highest BCUT2D eigenvalue weighted by molar-refractivity contribution is 5.94. The Morgan fingerprint density at radius 3 is 2.55 bits per heavy atom. The van der Waals surface area contributed by atoms with Gasteiger partial charge in [0, 0.05) is 24.7 Å². The van der Waals surface area contributed by atoms with Gasteiger partial charge in [0.2, 0.25) is 0 Å². The van der Waals surface area contributed by atoms with Gasteiger partial charge >= 0.3 is 5.69 Å². The molecule has 3 aromatic carbocycles. The number of likely N-dealkylation sites (tertiary alicyclic amines) is 1. The summed E-state index contributed by atoms with van der Waals surface area (Å²) >= 11 is 0. The van der Waals surface area contributed by atoms with Gasteiger partial charge < -0.3 is 14.6 Å². The highest BCUT2D eigenvalue weighted by Gasteiger charge is 2.26. The Bertz CT molecular complexity index is 1330. The zero-order valence-corrected chi connectivity index (χ0v) is 18.0. The van der Waals surface area contributed by atoms with Crippen LogP contribution in [0.2, 0.25) is 0 Å². The van der Waals surface area contributed by atoms with Gasteiger partial charge in [-0.2, -0.15) is 0 Å². The van der Waals surface area contributed by atoms with E-state index in [9.17, 15) is 14.0 Å². The molecular formula is C26H24FN3O3. The summed E-state index contributed by atoms with van der Waals surface area (Å²) in [5.74, 6) is 0.252. The van der Waals surface area contributed by atoms with Crippen molar-refractivity contribution < 1.29 is 13.9 Å². The quantitative estimate of drug-likeness (QED) is 0.491. The lowest BCUT2D eigenvalue weighted by atomic mass is 10.0. The van der Waals surface area contributed by atoms with Crippen LogP contribution < -0.4 is 10.4 Å². The summed E-state index contributed by atoms with van der Waals surface area (Å²) in [5, 5.41) is 0. The fourth-order valence-electron chi connectivity index (χ4n) is 4.41. The average Bonchev–Trinajstić information content (AvgIpc) is 3.19. The zero-order chi connectivity index (χ0) is 22.8. The summed E-state index contributed by atoms with van der Waals surface area (Å²) in [6.45, 7) is 1.45. The molecule has 4 aromatic rings. The number of para-hydroxylation sites is 2. The second-order valence-electron chi connectivity index (χ2n) is 8.28. The van der Waals surface area contributed by atoms with Gasteiger partial charge in [0.05, 0.1) is 11.0 Å². The highest BCUT2D eigenvalue weighted by atomic mass is 19.1. The molecule has 2 heterocycles. The number of halogens is 1. The first-order valence-electron chi connectivity index (χ1n) is 11.0. The minimum atomic E-state index is -0.287. The minimum absolute atomic E-state index is 0.0491. The molecule has 0 unspecified atom stereocenters. The predicted octanol–water partition coefficient (Wildman–Crippen LogP) is 4.53. The van der Waals surface area contributed by atoms with Crippen molar-refractivity contribution in [2.24, 2.45) is 0 Å². The van der Waals surface area contributed by atoms with Crippen LogP contribution in [0.15, 0.2) is 77.6 Å². The number of piperidine rings is 1. The SMILES string of the molecule is O=C(c1cccc(OCc2ccc(F)cc2)c1)N1CCC(n2c(=O)[nH]c3ccccc32)CC1. The van der Waals surface area contributed by atoms with E-state index in [0.717, 1.165) is 16.6 Å². The maximum atomic E-state index is 13.1. The molecule has 0 spiro atoms. The summed E-state index contributed by atoms with van der Waals surface area (Å²) in [5.41, 5.74) is 3.04. The Balaban J connectivity index is 1.23. The molecule has 1 aliphatic heterocycles. The lowest BCUT2D eigenvalue weighted by Crippen LogP contribution is -2.40. The largest absolute Gasteiger partial charge is 0.489 e. The number of amides is 1. The van der Waals surface area contributed by atoms with E-state index in [-0.39, 0.29) is 23.5 Å². The summed E-state index contributed by atoms with van der Waals surface area (Å²) < 4.78 is 20.7. The molecule has 0 atom stereocenters. The van der Waals surface area contributed by atoms with Gasteiger partial charge in [-0.15, -0.1) is 0 Å². The van der Waals surface area contributed by atoms with Crippen molar-refractivity contribution in [3.8, 4) is 5.75 Å². The molecule has 0 bridgehead atoms. The number of nitrogens with zero attached hydrogens (tertiary/aromatic N) is 2. The lowest BCUT2D eigenvalue weighted by Gasteiger charge is -2.32. The third kappa shape index (κ3) is 4.39. The fourth-order valence-corrected chi connectivity index (χ4v) is 4.41. The Morgan fingerprint density at radius 1 is 1.00 bits per heavy atom. The number of H-pyrrole nitrogens is 1. The Kier molecular flexibility index (Phi) is 5.69. The van der Waals surface area contributed by atoms with Gasteiger partial charge in [-0.3, -0.25) is 9.36 Å². The van der Waals surface area contributed by atoms with Crippen LogP contribution in [0.4, 0.5) is 4.39 Å². The molecule has 1 amide bonds. The predicted molar refractivity (Wildman–Crippen MR) is 124 cm³/mol. The lowest BCUT2D eigenvalue weighted by molar-refractivity contribution is 0.0694. The van der Waals surface area contributed by atoms with Crippen LogP contribution in [-0.4, -0.2) is 33.4 Å². The summed E-state index contributed by atoms with van der Waals surface area (Å²) in [6, 6.07) is 21.0. The summed E-state index contributed by atoms with van der Waals surface area (Å²) in [6.07, 6.45) is 1.43. The molecule has 1 aromatic heterocycles. The van der Waals surface area contributed by atoms with Crippen LogP contribution in [0.25, 0.3) is 11.0 Å². The number of rotatable bonds is 5. The number of imidazole rings is 1. The number of ether oxygens (including phenoxy) is 1. The molecule has 7 heteroatoms. The van der Waals surface area contributed by atoms with Crippen LogP contribution in [0.5, 0.6) is 5.75 Å². The number of nitrogens with one attached hydrogen (secondary N) is 1. The van der Waals surface area contributed by atoms with Crippen LogP contribution >= 0.6 is 0 Å². The Labute approximate surface area is 190 Å². The Hall–Kier alpha value is -3.87. The smallest absolute Gasteiger partial charge is 0.326 e. The molecule has 0 saturated carbocycles. The van der Waals surface area contributed by atoms with Gasteiger partial charge in [0.15, 0.2) is 0 Å². The standard InChI is InChI=1S/C26H24FN3O3/c27-20-10-8-18(9-11-20)17-33-22-5-3-4-19(16-22)25(31)29-14-12-21(13-15-29)30-24-7-2-1-6-23(24)28-26(30)32/h1-11,16,21H,12-15,17H2,(H,28,32). The molecule has 5 rings (SSSR count). The molecule has 1 N–H and O–H groups in total. The van der Waals surface area contributed by atoms with Crippen LogP contribution in [-0.2, 0) is 6.61 Å². The van der Waals surface area contributed by atoms with E-state index in [2.05, 4.69) is 4.98 Å². The molecule has 33 heavy (non-hydrogen) atoms. The number of carbonyl (C=O) groups excluding carboxylic acids is 1. The van der Waals surface area contributed by atoms with Crippen molar-refractivity contribution in [1.29, 1.82) is 0 Å². The molecule has 6 nitrogen and oxygen atoms in total. The van der Waals surface area contributed by atoms with Crippen LogP contribution in [0.1, 0.15) is 34.8 Å². The normalized spacial score (nSPS) is 14.5. The van der Waals surface area contributed by atoms with Crippen LogP contribution in [0, 0.1) is 5.82 Å². The van der Waals surface area contributed by atoms with E-state index in [1.165, 1.54) is 12.1 Å². The van der Waals surface area contributed by atoms with E-state index in [1.54, 1.807) is 36.4 Å². The number of benzene rings is 3. The molecular weight excluding hydrogens is 421 g/mol. The van der Waals surface area contributed by atoms with Gasteiger partial charge in [-0.05, 0) is 60.9 Å². The number of aromatic amines is 1. The molecule has 1 fully saturated rings. The number of aromatic nitrogens is 2. The first kappa shape index (κ1) is 21.0. The zero-order valence-electron chi connectivity index (χ0n) is 18.0. The number of fused-ring (bicyclic) bond motifs is 1. The van der Waals surface area contributed by atoms with Crippen molar-refractivity contribution in [3.63, 3.8) is 0 Å². The van der Waals surface area contributed by atoms with Crippen molar-refractivity contribution in [3.05, 3.63) is 100 Å². The highest BCUT2D eigenvalue weighted by Crippen LogP contribution is 2.26. The first-order chi connectivity index (χ1) is 16.1. The average molecular weight is 445 g/mol. The summed E-state index contributed by atoms with van der Waals surface area (Å²) in [4.78, 5) is 30.3. The van der Waals surface area contributed by atoms with E-state index < -0.39 is 0 Å². The number of hydrogen-bond acceptors (Lipinski definition) is 3. The minimum Gasteiger partial charge on any atom is -0.489 e. The second kappa shape index (κ2) is 8.94. The third-order valence-corrected chi connectivity index (χ3v) is 6.14. The van der Waals surface area contributed by atoms with E-state index in [0.29, 0.717) is 43.9 Å². The van der Waals surface area contributed by atoms with E-state index in [4.69, 9.17) is 4.74 Å². The maximum absolute atomic E-state index is 13.1. The number of carbonyl (C=O) groups is 1. The first-order valence-corrected chi connectivity index (χ1v) is 11.0. The van der Waals surface area contributed by atoms with E-state index >= 15 is 0 Å². The Morgan fingerprint density at radius 2 is 1.76 bits per heavy atom. The van der Waals surface area contributed by atoms with Gasteiger partial charge in [-0.25, -0.2) is 9.18 Å². The third-order valence-electron chi connectivity index (χ3n) is 6.14. The van der Waals surface area contributed by atoms with E-state index in [1.807, 2.05) is 33.7 Å². The van der Waals surface area contributed by atoms with Crippen LogP contribution in [0.3, 0.4) is 0 Å². The van der Waals surface area contributed by atoms with Gasteiger partial charge in [-0.1, -0.05) is 30.3 Å². The van der Waals surface area contributed by atoms with Gasteiger partial charge in [0.25, 0.3) is 5.91 Å². The van der Waals surface area contributed by atoms with Gasteiger partial charge in [0.1, 0.15) is 18.2 Å². The topological polar surface area (TPSA) is 67.3 Å². The molecule has 168 valence electrons. The molecule has 1 aliphatic rings. The second-order valence-corrected chi connectivity index (χ2v) is 8.28. The molecule has 0 aliphatic carbocycles. The molecule has 0 radical (unpaired) electrons. The molecule has 1 saturated heterocycles. The van der Waals surface area contributed by atoms with Crippen molar-refractivity contribution in [2.45, 2.75) is 25.5 Å². The van der Waals surface area contributed by atoms with Crippen molar-refractivity contribution in [2.75, 3.05) is 13.1 Å². The fraction of sp³-hybridized carbons (Fsp3) is 0.231. The van der Waals surface area contributed by atoms with Crippen molar-refractivity contribution in [1.82, 2.24) is 14.5 Å². The maximum Gasteiger partial charge on any atom is 0.326 e. The summed E-state index contributed by atoms with van der Waals surface area (Å²) in [7, 11) is 0. The number of hydrogen-bond donors (Lipinski definition) is 1.